The van der Waals surface area contributed by atoms with Crippen molar-refractivity contribution in [3.8, 4) is 0 Å². The summed E-state index contributed by atoms with van der Waals surface area (Å²) >= 11 is 5.88. The molecule has 1 aromatic carbocycles. The molecule has 2 amide bonds. The van der Waals surface area contributed by atoms with Crippen LogP contribution in [0.5, 0.6) is 0 Å². The Hall–Kier alpha value is -1.59. The molecule has 0 bridgehead atoms. The Balaban J connectivity index is 1.60. The fourth-order valence-electron chi connectivity index (χ4n) is 3.45. The van der Waals surface area contributed by atoms with Gasteiger partial charge in [0, 0.05) is 29.2 Å². The van der Waals surface area contributed by atoms with Gasteiger partial charge in [-0.05, 0) is 49.9 Å². The number of hydrogen-bond acceptors (Lipinski definition) is 3. The van der Waals surface area contributed by atoms with Crippen LogP contribution in [0.4, 0.5) is 5.69 Å². The van der Waals surface area contributed by atoms with E-state index in [4.69, 9.17) is 17.3 Å². The van der Waals surface area contributed by atoms with Crippen molar-refractivity contribution in [3.63, 3.8) is 0 Å². The Bertz CT molecular complexity index is 590. The second kappa shape index (κ2) is 6.89. The first-order valence-corrected chi connectivity index (χ1v) is 8.55. The van der Waals surface area contributed by atoms with Crippen LogP contribution in [0.25, 0.3) is 0 Å². The molecule has 0 aromatic heterocycles. The van der Waals surface area contributed by atoms with E-state index in [1.54, 1.807) is 17.0 Å². The third-order valence-corrected chi connectivity index (χ3v) is 5.00. The molecule has 2 fully saturated rings. The number of amides is 2. The zero-order chi connectivity index (χ0) is 16.4. The van der Waals surface area contributed by atoms with Crippen LogP contribution in [0.3, 0.4) is 0 Å². The van der Waals surface area contributed by atoms with Gasteiger partial charge in [0.2, 0.25) is 11.8 Å². The molecule has 1 saturated heterocycles. The van der Waals surface area contributed by atoms with E-state index in [-0.39, 0.29) is 23.8 Å². The van der Waals surface area contributed by atoms with Crippen LogP contribution in [0.2, 0.25) is 5.02 Å². The molecule has 3 N–H and O–H groups in total. The number of nitrogens with two attached hydrogens (primary N) is 1. The molecule has 0 spiro atoms. The van der Waals surface area contributed by atoms with E-state index in [0.717, 1.165) is 24.9 Å². The summed E-state index contributed by atoms with van der Waals surface area (Å²) in [5, 5.41) is 3.56. The SMILES string of the molecule is NC1CCCC(C(=O)NC2CCN(c3ccc(Cl)cc3)C2=O)C1. The van der Waals surface area contributed by atoms with Crippen LogP contribution >= 0.6 is 11.6 Å². The second-order valence-electron chi connectivity index (χ2n) is 6.44. The van der Waals surface area contributed by atoms with Crippen LogP contribution in [0.15, 0.2) is 24.3 Å². The molecule has 5 nitrogen and oxygen atoms in total. The Morgan fingerprint density at radius 2 is 1.96 bits per heavy atom. The summed E-state index contributed by atoms with van der Waals surface area (Å²) in [4.78, 5) is 26.6. The molecule has 124 valence electrons. The van der Waals surface area contributed by atoms with Crippen molar-refractivity contribution in [2.45, 2.75) is 44.2 Å². The predicted octanol–water partition coefficient (Wildman–Crippen LogP) is 2.08. The first-order chi connectivity index (χ1) is 11.0. The largest absolute Gasteiger partial charge is 0.344 e. The van der Waals surface area contributed by atoms with E-state index in [2.05, 4.69) is 5.32 Å². The number of rotatable bonds is 3. The van der Waals surface area contributed by atoms with Gasteiger partial charge in [0.1, 0.15) is 6.04 Å². The van der Waals surface area contributed by atoms with Gasteiger partial charge in [-0.25, -0.2) is 0 Å². The third-order valence-electron chi connectivity index (χ3n) is 4.75. The van der Waals surface area contributed by atoms with Crippen LogP contribution in [0, 0.1) is 5.92 Å². The zero-order valence-corrected chi connectivity index (χ0v) is 13.8. The first kappa shape index (κ1) is 16.3. The summed E-state index contributed by atoms with van der Waals surface area (Å²) < 4.78 is 0. The highest BCUT2D eigenvalue weighted by atomic mass is 35.5. The minimum Gasteiger partial charge on any atom is -0.344 e. The molecule has 6 heteroatoms. The number of halogens is 1. The summed E-state index contributed by atoms with van der Waals surface area (Å²) in [6.07, 6.45) is 4.17. The molecule has 23 heavy (non-hydrogen) atoms. The lowest BCUT2D eigenvalue weighted by atomic mass is 9.85. The molecule has 3 rings (SSSR count). The van der Waals surface area contributed by atoms with E-state index in [9.17, 15) is 9.59 Å². The van der Waals surface area contributed by atoms with E-state index >= 15 is 0 Å². The van der Waals surface area contributed by atoms with Gasteiger partial charge in [-0.3, -0.25) is 9.59 Å². The van der Waals surface area contributed by atoms with Gasteiger partial charge in [-0.2, -0.15) is 0 Å². The highest BCUT2D eigenvalue weighted by Crippen LogP contribution is 2.26. The second-order valence-corrected chi connectivity index (χ2v) is 6.88. The van der Waals surface area contributed by atoms with Gasteiger partial charge in [0.15, 0.2) is 0 Å². The summed E-state index contributed by atoms with van der Waals surface area (Å²) in [5.74, 6) is -0.145. The topological polar surface area (TPSA) is 75.4 Å². The highest BCUT2D eigenvalue weighted by Gasteiger charge is 2.35. The molecule has 1 aliphatic heterocycles. The summed E-state index contributed by atoms with van der Waals surface area (Å²) in [5.41, 5.74) is 6.76. The molecule has 3 atom stereocenters. The van der Waals surface area contributed by atoms with Crippen molar-refractivity contribution in [2.24, 2.45) is 11.7 Å². The van der Waals surface area contributed by atoms with Crippen molar-refractivity contribution < 1.29 is 9.59 Å². The Labute approximate surface area is 141 Å². The maximum atomic E-state index is 12.5. The monoisotopic (exact) mass is 335 g/mol. The minimum absolute atomic E-state index is 0.0311. The van der Waals surface area contributed by atoms with Gasteiger partial charge in [0.25, 0.3) is 0 Å². The molecule has 1 aliphatic carbocycles. The Kier molecular flexibility index (Phi) is 4.87. The van der Waals surface area contributed by atoms with Crippen LogP contribution in [-0.2, 0) is 9.59 Å². The predicted molar refractivity (Wildman–Crippen MR) is 90.3 cm³/mol. The summed E-state index contributed by atoms with van der Waals surface area (Å²) in [7, 11) is 0. The van der Waals surface area contributed by atoms with Gasteiger partial charge in [0.05, 0.1) is 0 Å². The van der Waals surface area contributed by atoms with Gasteiger partial charge in [-0.1, -0.05) is 18.0 Å². The van der Waals surface area contributed by atoms with Crippen molar-refractivity contribution in [2.75, 3.05) is 11.4 Å². The summed E-state index contributed by atoms with van der Waals surface area (Å²) in [6.45, 7) is 0.607. The molecule has 1 aromatic rings. The lowest BCUT2D eigenvalue weighted by Gasteiger charge is -2.26. The number of carbonyl (C=O) groups is 2. The molecule has 3 unspecified atom stereocenters. The van der Waals surface area contributed by atoms with Crippen LogP contribution in [-0.4, -0.2) is 30.4 Å². The Morgan fingerprint density at radius 1 is 1.22 bits per heavy atom. The summed E-state index contributed by atoms with van der Waals surface area (Å²) in [6, 6.07) is 6.84. The third kappa shape index (κ3) is 3.67. The van der Waals surface area contributed by atoms with E-state index in [1.807, 2.05) is 12.1 Å². The standard InChI is InChI=1S/C17H22ClN3O2/c18-12-4-6-14(7-5-12)21-9-8-15(17(21)23)20-16(22)11-2-1-3-13(19)10-11/h4-7,11,13,15H,1-3,8-10,19H2,(H,20,22). The minimum atomic E-state index is -0.434. The average molecular weight is 336 g/mol. The fourth-order valence-corrected chi connectivity index (χ4v) is 3.57. The van der Waals surface area contributed by atoms with E-state index in [0.29, 0.717) is 24.4 Å². The maximum absolute atomic E-state index is 12.5. The fraction of sp³-hybridized carbons (Fsp3) is 0.529. The molecule has 1 heterocycles. The van der Waals surface area contributed by atoms with Crippen molar-refractivity contribution in [1.82, 2.24) is 5.32 Å². The van der Waals surface area contributed by atoms with Crippen LogP contribution in [0.1, 0.15) is 32.1 Å². The number of nitrogens with zero attached hydrogens (tertiary/aromatic N) is 1. The lowest BCUT2D eigenvalue weighted by molar-refractivity contribution is -0.130. The lowest BCUT2D eigenvalue weighted by Crippen LogP contribution is -2.45. The van der Waals surface area contributed by atoms with Crippen molar-refractivity contribution >= 4 is 29.1 Å². The number of benzene rings is 1. The maximum Gasteiger partial charge on any atom is 0.249 e. The first-order valence-electron chi connectivity index (χ1n) is 8.17. The number of hydrogen-bond donors (Lipinski definition) is 2. The molecular weight excluding hydrogens is 314 g/mol. The molecule has 2 aliphatic rings. The zero-order valence-electron chi connectivity index (χ0n) is 13.0. The molecular formula is C17H22ClN3O2. The average Bonchev–Trinajstić information content (AvgIpc) is 2.89. The van der Waals surface area contributed by atoms with Gasteiger partial charge < -0.3 is 16.0 Å². The van der Waals surface area contributed by atoms with E-state index in [1.165, 1.54) is 0 Å². The van der Waals surface area contributed by atoms with Gasteiger partial charge in [-0.15, -0.1) is 0 Å². The smallest absolute Gasteiger partial charge is 0.249 e. The van der Waals surface area contributed by atoms with Crippen molar-refractivity contribution in [3.05, 3.63) is 29.3 Å². The van der Waals surface area contributed by atoms with Crippen molar-refractivity contribution in [1.29, 1.82) is 0 Å². The highest BCUT2D eigenvalue weighted by molar-refractivity contribution is 6.30. The van der Waals surface area contributed by atoms with Crippen LogP contribution < -0.4 is 16.0 Å². The quantitative estimate of drug-likeness (QED) is 0.888. The molecule has 0 radical (unpaired) electrons. The number of carbonyl (C=O) groups excluding carboxylic acids is 2. The van der Waals surface area contributed by atoms with E-state index < -0.39 is 6.04 Å². The number of nitrogens with one attached hydrogen (secondary N) is 1. The number of anilines is 1. The van der Waals surface area contributed by atoms with Gasteiger partial charge >= 0.3 is 0 Å². The molecule has 1 saturated carbocycles. The Morgan fingerprint density at radius 3 is 2.65 bits per heavy atom. The normalized spacial score (nSPS) is 28.0.